The maximum Gasteiger partial charge on any atom is 0.338 e. The van der Waals surface area contributed by atoms with Gasteiger partial charge in [0.1, 0.15) is 0 Å². The van der Waals surface area contributed by atoms with E-state index in [1.165, 1.54) is 38.2 Å². The Morgan fingerprint density at radius 2 is 1.76 bits per heavy atom. The summed E-state index contributed by atoms with van der Waals surface area (Å²) in [4.78, 5) is 24.6. The van der Waals surface area contributed by atoms with Crippen molar-refractivity contribution < 1.29 is 22.7 Å². The number of esters is 1. The zero-order valence-corrected chi connectivity index (χ0v) is 17.5. The van der Waals surface area contributed by atoms with Crippen molar-refractivity contribution >= 4 is 21.9 Å². The summed E-state index contributed by atoms with van der Waals surface area (Å²) in [6.45, 7) is 3.95. The van der Waals surface area contributed by atoms with Crippen LogP contribution in [0.2, 0.25) is 0 Å². The number of sulfonamides is 1. The molecule has 7 nitrogen and oxygen atoms in total. The van der Waals surface area contributed by atoms with Crippen LogP contribution in [0.3, 0.4) is 0 Å². The number of carbonyl (C=O) groups excluding carboxylic acids is 2. The van der Waals surface area contributed by atoms with Crippen molar-refractivity contribution in [1.29, 1.82) is 0 Å². The summed E-state index contributed by atoms with van der Waals surface area (Å²) in [5.74, 6) is -1.02. The van der Waals surface area contributed by atoms with Gasteiger partial charge in [-0.1, -0.05) is 43.3 Å². The zero-order chi connectivity index (χ0) is 21.4. The summed E-state index contributed by atoms with van der Waals surface area (Å²) in [5.41, 5.74) is 1.18. The predicted octanol–water partition coefficient (Wildman–Crippen LogP) is 2.45. The van der Waals surface area contributed by atoms with Crippen molar-refractivity contribution in [2.75, 3.05) is 13.6 Å². The highest BCUT2D eigenvalue weighted by molar-refractivity contribution is 7.89. The lowest BCUT2D eigenvalue weighted by Crippen LogP contribution is -2.38. The molecule has 2 N–H and O–H groups in total. The molecule has 2 aromatic rings. The zero-order valence-electron chi connectivity index (χ0n) is 16.7. The van der Waals surface area contributed by atoms with E-state index >= 15 is 0 Å². The van der Waals surface area contributed by atoms with Gasteiger partial charge in [-0.15, -0.1) is 0 Å². The Labute approximate surface area is 171 Å². The molecule has 0 unspecified atom stereocenters. The molecule has 2 atom stereocenters. The highest BCUT2D eigenvalue weighted by Crippen LogP contribution is 2.18. The predicted molar refractivity (Wildman–Crippen MR) is 110 cm³/mol. The Morgan fingerprint density at radius 3 is 2.38 bits per heavy atom. The number of rotatable bonds is 9. The second-order valence-electron chi connectivity index (χ2n) is 6.54. The first kappa shape index (κ1) is 22.6. The normalized spacial score (nSPS) is 13.3. The third-order valence-electron chi connectivity index (χ3n) is 4.59. The monoisotopic (exact) mass is 418 g/mol. The maximum atomic E-state index is 12.3. The SMILES string of the molecule is CC[C@@H](CNC(=O)[C@H](C)OC(=O)c1cccc(S(=O)(=O)NC)c1)c1ccccc1. The van der Waals surface area contributed by atoms with E-state index in [4.69, 9.17) is 4.74 Å². The fourth-order valence-corrected chi connectivity index (χ4v) is 3.56. The highest BCUT2D eigenvalue weighted by atomic mass is 32.2. The molecule has 1 amide bonds. The van der Waals surface area contributed by atoms with Gasteiger partial charge in [0.15, 0.2) is 6.10 Å². The first-order chi connectivity index (χ1) is 13.8. The lowest BCUT2D eigenvalue weighted by atomic mass is 9.96. The first-order valence-corrected chi connectivity index (χ1v) is 10.8. The summed E-state index contributed by atoms with van der Waals surface area (Å²) in [5, 5.41) is 2.81. The van der Waals surface area contributed by atoms with Gasteiger partial charge in [0.05, 0.1) is 10.5 Å². The fraction of sp³-hybridized carbons (Fsp3) is 0.333. The number of carbonyl (C=O) groups is 2. The first-order valence-electron chi connectivity index (χ1n) is 9.35. The minimum absolute atomic E-state index is 0.0525. The second-order valence-corrected chi connectivity index (χ2v) is 8.43. The van der Waals surface area contributed by atoms with Gasteiger partial charge in [-0.25, -0.2) is 17.9 Å². The average Bonchev–Trinajstić information content (AvgIpc) is 2.74. The van der Waals surface area contributed by atoms with Gasteiger partial charge in [0, 0.05) is 12.5 Å². The molecule has 0 saturated carbocycles. The van der Waals surface area contributed by atoms with Gasteiger partial charge in [-0.05, 0) is 44.2 Å². The van der Waals surface area contributed by atoms with E-state index in [-0.39, 0.29) is 16.4 Å². The molecule has 0 spiro atoms. The van der Waals surface area contributed by atoms with Crippen molar-refractivity contribution in [3.8, 4) is 0 Å². The topological polar surface area (TPSA) is 102 Å². The molecule has 2 rings (SSSR count). The fourth-order valence-electron chi connectivity index (χ4n) is 2.78. The Morgan fingerprint density at radius 1 is 1.07 bits per heavy atom. The molecular formula is C21H26N2O5S. The van der Waals surface area contributed by atoms with Crippen LogP contribution in [0.5, 0.6) is 0 Å². The molecule has 0 fully saturated rings. The summed E-state index contributed by atoms with van der Waals surface area (Å²) >= 11 is 0. The van der Waals surface area contributed by atoms with Crippen molar-refractivity contribution in [1.82, 2.24) is 10.0 Å². The van der Waals surface area contributed by atoms with Crippen molar-refractivity contribution in [2.45, 2.75) is 37.2 Å². The van der Waals surface area contributed by atoms with E-state index in [0.29, 0.717) is 6.54 Å². The molecule has 0 heterocycles. The van der Waals surface area contributed by atoms with Crippen molar-refractivity contribution in [2.24, 2.45) is 0 Å². The van der Waals surface area contributed by atoms with Crippen LogP contribution < -0.4 is 10.0 Å². The minimum atomic E-state index is -3.68. The minimum Gasteiger partial charge on any atom is -0.449 e. The molecule has 2 aromatic carbocycles. The van der Waals surface area contributed by atoms with E-state index in [9.17, 15) is 18.0 Å². The standard InChI is InChI=1S/C21H26N2O5S/c1-4-16(17-9-6-5-7-10-17)14-23-20(24)15(2)28-21(25)18-11-8-12-19(13-18)29(26,27)22-3/h5-13,15-16,22H,4,14H2,1-3H3,(H,23,24)/t15-,16-/m0/s1. The van der Waals surface area contributed by atoms with Crippen molar-refractivity contribution in [3.63, 3.8) is 0 Å². The van der Waals surface area contributed by atoms with Gasteiger partial charge < -0.3 is 10.1 Å². The van der Waals surface area contributed by atoms with E-state index in [1.54, 1.807) is 0 Å². The van der Waals surface area contributed by atoms with Gasteiger partial charge in [-0.2, -0.15) is 0 Å². The Balaban J connectivity index is 1.97. The van der Waals surface area contributed by atoms with E-state index < -0.39 is 28.0 Å². The summed E-state index contributed by atoms with van der Waals surface area (Å²) < 4.78 is 31.1. The lowest BCUT2D eigenvalue weighted by molar-refractivity contribution is -0.129. The van der Waals surface area contributed by atoms with Crippen LogP contribution >= 0.6 is 0 Å². The molecule has 156 valence electrons. The number of hydrogen-bond donors (Lipinski definition) is 2. The van der Waals surface area contributed by atoms with Gasteiger partial charge in [-0.3, -0.25) is 4.79 Å². The highest BCUT2D eigenvalue weighted by Gasteiger charge is 2.21. The number of hydrogen-bond acceptors (Lipinski definition) is 5. The largest absolute Gasteiger partial charge is 0.449 e. The van der Waals surface area contributed by atoms with Crippen LogP contribution in [0.15, 0.2) is 59.5 Å². The number of amides is 1. The maximum absolute atomic E-state index is 12.3. The molecule has 0 aromatic heterocycles. The van der Waals surface area contributed by atoms with Crippen LogP contribution in [0.4, 0.5) is 0 Å². The third kappa shape index (κ3) is 6.13. The van der Waals surface area contributed by atoms with E-state index in [1.807, 2.05) is 37.3 Å². The smallest absolute Gasteiger partial charge is 0.338 e. The van der Waals surface area contributed by atoms with Crippen LogP contribution in [0, 0.1) is 0 Å². The van der Waals surface area contributed by atoms with Gasteiger partial charge in [0.25, 0.3) is 5.91 Å². The summed E-state index contributed by atoms with van der Waals surface area (Å²) in [7, 11) is -2.40. The second kappa shape index (κ2) is 10.2. The molecule has 0 aliphatic carbocycles. The van der Waals surface area contributed by atoms with Gasteiger partial charge >= 0.3 is 5.97 Å². The van der Waals surface area contributed by atoms with Crippen LogP contribution in [-0.2, 0) is 19.6 Å². The third-order valence-corrected chi connectivity index (χ3v) is 6.00. The molecule has 0 radical (unpaired) electrons. The Hall–Kier alpha value is -2.71. The van der Waals surface area contributed by atoms with Crippen molar-refractivity contribution in [3.05, 3.63) is 65.7 Å². The number of nitrogens with one attached hydrogen (secondary N) is 2. The van der Waals surface area contributed by atoms with Gasteiger partial charge in [0.2, 0.25) is 10.0 Å². The molecule has 0 saturated heterocycles. The Kier molecular flexibility index (Phi) is 7.92. The summed E-state index contributed by atoms with van der Waals surface area (Å²) in [6, 6.07) is 15.3. The van der Waals surface area contributed by atoms with E-state index in [0.717, 1.165) is 12.0 Å². The molecular weight excluding hydrogens is 392 g/mol. The summed E-state index contributed by atoms with van der Waals surface area (Å²) in [6.07, 6.45) is -0.161. The molecule has 8 heteroatoms. The quantitative estimate of drug-likeness (QED) is 0.609. The molecule has 0 aliphatic rings. The van der Waals surface area contributed by atoms with Crippen LogP contribution in [0.1, 0.15) is 42.1 Å². The van der Waals surface area contributed by atoms with Crippen LogP contribution in [-0.4, -0.2) is 40.0 Å². The number of benzene rings is 2. The number of ether oxygens (including phenoxy) is 1. The molecule has 0 aliphatic heterocycles. The average molecular weight is 419 g/mol. The molecule has 29 heavy (non-hydrogen) atoms. The lowest BCUT2D eigenvalue weighted by Gasteiger charge is -2.18. The Bertz CT molecular complexity index is 945. The molecule has 0 bridgehead atoms. The van der Waals surface area contributed by atoms with E-state index in [2.05, 4.69) is 10.0 Å². The van der Waals surface area contributed by atoms with Crippen LogP contribution in [0.25, 0.3) is 0 Å².